The first-order valence-corrected chi connectivity index (χ1v) is 7.36. The van der Waals surface area contributed by atoms with Gasteiger partial charge >= 0.3 is 0 Å². The number of nitrogens with one attached hydrogen (secondary N) is 1. The molecule has 20 heavy (non-hydrogen) atoms. The van der Waals surface area contributed by atoms with Gasteiger partial charge in [0.1, 0.15) is 0 Å². The van der Waals surface area contributed by atoms with Crippen LogP contribution in [-0.4, -0.2) is 12.1 Å². The van der Waals surface area contributed by atoms with Gasteiger partial charge in [0.05, 0.1) is 10.0 Å². The second kappa shape index (κ2) is 5.58. The highest BCUT2D eigenvalue weighted by Crippen LogP contribution is 2.42. The molecule has 0 aromatic heterocycles. The van der Waals surface area contributed by atoms with Crippen LogP contribution in [0.5, 0.6) is 0 Å². The van der Waals surface area contributed by atoms with Crippen molar-refractivity contribution < 1.29 is 4.79 Å². The van der Waals surface area contributed by atoms with E-state index in [4.69, 9.17) is 23.2 Å². The molecule has 1 N–H and O–H groups in total. The van der Waals surface area contributed by atoms with Crippen molar-refractivity contribution in [3.63, 3.8) is 0 Å². The number of hydrogen-bond acceptors (Lipinski definition) is 2. The standard InChI is InChI=1S/C15H14Cl2N2O/c16-13-4-3-11(7-14(13)17)15(20)19-18-8-12-6-9-1-2-10(12)5-9/h1-4,7-10,12H,5-6H2,(H,19,20). The van der Waals surface area contributed by atoms with Crippen molar-refractivity contribution in [3.05, 3.63) is 46.0 Å². The summed E-state index contributed by atoms with van der Waals surface area (Å²) < 4.78 is 0. The number of hydrazone groups is 1. The minimum atomic E-state index is -0.279. The number of carbonyl (C=O) groups is 1. The SMILES string of the molecule is O=C(NN=CC1CC2C=CC1C2)c1ccc(Cl)c(Cl)c1. The number of hydrogen-bond donors (Lipinski definition) is 1. The average Bonchev–Trinajstić information content (AvgIpc) is 3.04. The number of amides is 1. The smallest absolute Gasteiger partial charge is 0.267 e. The molecule has 104 valence electrons. The van der Waals surface area contributed by atoms with E-state index in [1.807, 2.05) is 6.21 Å². The summed E-state index contributed by atoms with van der Waals surface area (Å²) in [5, 5.41) is 4.86. The van der Waals surface area contributed by atoms with Gasteiger partial charge < -0.3 is 0 Å². The summed E-state index contributed by atoms with van der Waals surface area (Å²) in [6, 6.07) is 4.76. The Morgan fingerprint density at radius 1 is 1.25 bits per heavy atom. The molecule has 0 radical (unpaired) electrons. The first-order chi connectivity index (χ1) is 9.63. The molecule has 3 atom stereocenters. The van der Waals surface area contributed by atoms with Gasteiger partial charge in [-0.3, -0.25) is 4.79 Å². The molecule has 1 aromatic rings. The van der Waals surface area contributed by atoms with Crippen molar-refractivity contribution in [2.24, 2.45) is 22.9 Å². The van der Waals surface area contributed by atoms with Gasteiger partial charge in [-0.1, -0.05) is 35.4 Å². The summed E-state index contributed by atoms with van der Waals surface area (Å²) in [6.45, 7) is 0. The molecular weight excluding hydrogens is 295 g/mol. The Morgan fingerprint density at radius 3 is 2.75 bits per heavy atom. The lowest BCUT2D eigenvalue weighted by atomic mass is 9.95. The number of fused-ring (bicyclic) bond motifs is 2. The lowest BCUT2D eigenvalue weighted by Gasteiger charge is -2.11. The molecular formula is C15H14Cl2N2O. The Balaban J connectivity index is 1.59. The van der Waals surface area contributed by atoms with Crippen molar-refractivity contribution in [3.8, 4) is 0 Å². The largest absolute Gasteiger partial charge is 0.271 e. The molecule has 3 nitrogen and oxygen atoms in total. The van der Waals surface area contributed by atoms with Crippen LogP contribution in [0.2, 0.25) is 10.0 Å². The van der Waals surface area contributed by atoms with Gasteiger partial charge in [0.15, 0.2) is 0 Å². The zero-order valence-electron chi connectivity index (χ0n) is 10.7. The van der Waals surface area contributed by atoms with E-state index in [1.165, 1.54) is 12.5 Å². The normalized spacial score (nSPS) is 27.4. The van der Waals surface area contributed by atoms with Gasteiger partial charge in [-0.2, -0.15) is 5.10 Å². The zero-order valence-corrected chi connectivity index (χ0v) is 12.2. The average molecular weight is 309 g/mol. The quantitative estimate of drug-likeness (QED) is 0.513. The van der Waals surface area contributed by atoms with Gasteiger partial charge in [-0.05, 0) is 42.9 Å². The number of rotatable bonds is 3. The Morgan fingerprint density at radius 2 is 2.10 bits per heavy atom. The van der Waals surface area contributed by atoms with E-state index in [1.54, 1.807) is 12.1 Å². The second-order valence-electron chi connectivity index (χ2n) is 5.29. The van der Waals surface area contributed by atoms with Gasteiger partial charge in [0, 0.05) is 17.7 Å². The molecule has 2 aliphatic rings. The number of allylic oxidation sites excluding steroid dienone is 2. The van der Waals surface area contributed by atoms with Crippen LogP contribution in [0.1, 0.15) is 23.2 Å². The molecule has 3 unspecified atom stereocenters. The molecule has 2 aliphatic carbocycles. The third-order valence-electron chi connectivity index (χ3n) is 3.94. The molecule has 1 amide bonds. The van der Waals surface area contributed by atoms with Crippen molar-refractivity contribution in [1.82, 2.24) is 5.43 Å². The van der Waals surface area contributed by atoms with E-state index in [0.29, 0.717) is 33.4 Å². The highest BCUT2D eigenvalue weighted by Gasteiger charge is 2.34. The van der Waals surface area contributed by atoms with E-state index in [0.717, 1.165) is 6.42 Å². The predicted octanol–water partition coefficient (Wildman–Crippen LogP) is 3.92. The highest BCUT2D eigenvalue weighted by molar-refractivity contribution is 6.42. The van der Waals surface area contributed by atoms with E-state index in [-0.39, 0.29) is 5.91 Å². The summed E-state index contributed by atoms with van der Waals surface area (Å²) in [4.78, 5) is 11.9. The lowest BCUT2D eigenvalue weighted by Crippen LogP contribution is -2.19. The van der Waals surface area contributed by atoms with Crippen LogP contribution >= 0.6 is 23.2 Å². The maximum atomic E-state index is 11.9. The first-order valence-electron chi connectivity index (χ1n) is 6.60. The fourth-order valence-corrected chi connectivity index (χ4v) is 3.19. The van der Waals surface area contributed by atoms with Gasteiger partial charge in [-0.25, -0.2) is 5.43 Å². The van der Waals surface area contributed by atoms with Crippen LogP contribution in [-0.2, 0) is 0 Å². The minimum absolute atomic E-state index is 0.279. The van der Waals surface area contributed by atoms with Crippen LogP contribution in [0.25, 0.3) is 0 Å². The Labute approximate surface area is 127 Å². The number of benzene rings is 1. The summed E-state index contributed by atoms with van der Waals surface area (Å²) in [5.41, 5.74) is 2.99. The Kier molecular flexibility index (Phi) is 3.81. The summed E-state index contributed by atoms with van der Waals surface area (Å²) in [5.74, 6) is 1.45. The summed E-state index contributed by atoms with van der Waals surface area (Å²) >= 11 is 11.7. The van der Waals surface area contributed by atoms with E-state index in [2.05, 4.69) is 22.7 Å². The van der Waals surface area contributed by atoms with Crippen LogP contribution in [0.3, 0.4) is 0 Å². The number of carbonyl (C=O) groups excluding carboxylic acids is 1. The molecule has 0 aliphatic heterocycles. The van der Waals surface area contributed by atoms with Crippen LogP contribution in [0, 0.1) is 17.8 Å². The molecule has 0 spiro atoms. The fraction of sp³-hybridized carbons (Fsp3) is 0.333. The molecule has 0 heterocycles. The van der Waals surface area contributed by atoms with Gasteiger partial charge in [0.25, 0.3) is 5.91 Å². The lowest BCUT2D eigenvalue weighted by molar-refractivity contribution is 0.0955. The molecule has 2 bridgehead atoms. The van der Waals surface area contributed by atoms with Crippen LogP contribution in [0.4, 0.5) is 0 Å². The molecule has 1 aromatic carbocycles. The van der Waals surface area contributed by atoms with E-state index in [9.17, 15) is 4.79 Å². The zero-order chi connectivity index (χ0) is 14.1. The number of halogens is 2. The van der Waals surface area contributed by atoms with Crippen LogP contribution in [0.15, 0.2) is 35.5 Å². The minimum Gasteiger partial charge on any atom is -0.267 e. The molecule has 1 saturated carbocycles. The second-order valence-corrected chi connectivity index (χ2v) is 6.11. The summed E-state index contributed by atoms with van der Waals surface area (Å²) in [6.07, 6.45) is 8.74. The maximum absolute atomic E-state index is 11.9. The molecule has 0 saturated heterocycles. The maximum Gasteiger partial charge on any atom is 0.271 e. The van der Waals surface area contributed by atoms with Crippen molar-refractivity contribution in [2.45, 2.75) is 12.8 Å². The van der Waals surface area contributed by atoms with Crippen LogP contribution < -0.4 is 5.43 Å². The van der Waals surface area contributed by atoms with Gasteiger partial charge in [-0.15, -0.1) is 0 Å². The monoisotopic (exact) mass is 308 g/mol. The number of nitrogens with zero attached hydrogens (tertiary/aromatic N) is 1. The molecule has 1 fully saturated rings. The van der Waals surface area contributed by atoms with E-state index >= 15 is 0 Å². The topological polar surface area (TPSA) is 41.5 Å². The fourth-order valence-electron chi connectivity index (χ4n) is 2.89. The van der Waals surface area contributed by atoms with Crippen molar-refractivity contribution in [2.75, 3.05) is 0 Å². The van der Waals surface area contributed by atoms with E-state index < -0.39 is 0 Å². The third kappa shape index (κ3) is 2.74. The van der Waals surface area contributed by atoms with Gasteiger partial charge in [0.2, 0.25) is 0 Å². The Hall–Kier alpha value is -1.32. The summed E-state index contributed by atoms with van der Waals surface area (Å²) in [7, 11) is 0. The third-order valence-corrected chi connectivity index (χ3v) is 4.68. The molecule has 3 rings (SSSR count). The predicted molar refractivity (Wildman–Crippen MR) is 81.3 cm³/mol. The first kappa shape index (κ1) is 13.7. The van der Waals surface area contributed by atoms with Crippen molar-refractivity contribution >= 4 is 35.3 Å². The highest BCUT2D eigenvalue weighted by atomic mass is 35.5. The Bertz CT molecular complexity index is 598. The van der Waals surface area contributed by atoms with Crippen molar-refractivity contribution in [1.29, 1.82) is 0 Å². The molecule has 5 heteroatoms.